The Morgan fingerprint density at radius 2 is 1.59 bits per heavy atom. The summed E-state index contributed by atoms with van der Waals surface area (Å²) in [6, 6.07) is 11.8. The van der Waals surface area contributed by atoms with E-state index < -0.39 is 17.7 Å². The number of carbonyl (C=O) groups is 5. The number of benzene rings is 2. The van der Waals surface area contributed by atoms with Gasteiger partial charge in [-0.05, 0) is 60.7 Å². The number of carbonyl (C=O) groups excluding carboxylic acids is 5. The van der Waals surface area contributed by atoms with Crippen LogP contribution in [0.4, 0.5) is 10.6 Å². The smallest absolute Gasteiger partial charge is 0.315 e. The second kappa shape index (κ2) is 27.3. The van der Waals surface area contributed by atoms with E-state index in [0.29, 0.717) is 83.6 Å². The van der Waals surface area contributed by atoms with Gasteiger partial charge in [0, 0.05) is 68.1 Å². The summed E-state index contributed by atoms with van der Waals surface area (Å²) in [5, 5.41) is 34.7. The van der Waals surface area contributed by atoms with E-state index in [1.165, 1.54) is 19.1 Å². The molecule has 1 unspecified atom stereocenters. The number of fused-ring (bicyclic) bond motifs is 1. The standard InChI is InChI=1S/C47H61N11O9S/c1-48-17-21-57(22-18-49-2)23-19-51-43(63)27-58(20-7-16-50-41(61)9-6-5-8-39-45-37(30-68-39)53-47(65)56-45)44(64)15-14-42(62)54-40-26-36(34-13-11-33(66-3)25-32(34)29-60)52-46(55-40)35-12-10-31(28-59)24-38(35)67-4/h10-13,24-26,37,39,45,59-60H,5-9,14-23,27-30H2,3-4H3,(H,50,61)(H,51,63)(H2,53,56,65)(H,52,54,55,62)/t37-,39?,45-/m0/s1. The van der Waals surface area contributed by atoms with Gasteiger partial charge >= 0.3 is 6.03 Å². The average molecular weight is 956 g/mol. The molecule has 21 heteroatoms. The van der Waals surface area contributed by atoms with Crippen LogP contribution in [0.25, 0.3) is 32.3 Å². The van der Waals surface area contributed by atoms with Gasteiger partial charge in [-0.25, -0.2) is 27.9 Å². The number of thioether (sulfide) groups is 1. The third kappa shape index (κ3) is 15.8. The fourth-order valence-corrected chi connectivity index (χ4v) is 9.45. The fourth-order valence-electron chi connectivity index (χ4n) is 7.90. The van der Waals surface area contributed by atoms with Crippen molar-refractivity contribution < 1.29 is 43.7 Å². The molecule has 20 nitrogen and oxygen atoms in total. The molecule has 0 radical (unpaired) electrons. The second-order valence-electron chi connectivity index (χ2n) is 16.2. The van der Waals surface area contributed by atoms with Crippen molar-refractivity contribution in [3.05, 3.63) is 76.4 Å². The molecular formula is C47H61N11O9S. The van der Waals surface area contributed by atoms with Crippen molar-refractivity contribution in [2.45, 2.75) is 75.5 Å². The third-order valence-corrected chi connectivity index (χ3v) is 13.0. The van der Waals surface area contributed by atoms with Crippen LogP contribution in [0.2, 0.25) is 0 Å². The van der Waals surface area contributed by atoms with E-state index in [1.54, 1.807) is 42.5 Å². The number of aliphatic hydroxyl groups is 2. The molecule has 3 aromatic rings. The Balaban J connectivity index is 1.21. The van der Waals surface area contributed by atoms with E-state index in [1.807, 2.05) is 16.7 Å². The number of unbranched alkanes of at least 4 members (excludes halogenated alkanes) is 1. The first-order chi connectivity index (χ1) is 33.0. The maximum atomic E-state index is 13.8. The Labute approximate surface area is 401 Å². The average Bonchev–Trinajstić information content (AvgIpc) is 3.91. The van der Waals surface area contributed by atoms with E-state index in [4.69, 9.17) is 27.6 Å². The molecule has 364 valence electrons. The number of amides is 6. The largest absolute Gasteiger partial charge is 0.497 e. The van der Waals surface area contributed by atoms with Crippen LogP contribution in [0.15, 0.2) is 42.5 Å². The van der Waals surface area contributed by atoms with Crippen molar-refractivity contribution >= 4 is 47.2 Å². The Kier molecular flexibility index (Phi) is 21.1. The zero-order chi connectivity index (χ0) is 48.8. The van der Waals surface area contributed by atoms with Gasteiger partial charge in [0.15, 0.2) is 5.82 Å². The summed E-state index contributed by atoms with van der Waals surface area (Å²) in [5.41, 5.74) is 2.49. The lowest BCUT2D eigenvalue weighted by molar-refractivity contribution is -0.137. The molecule has 7 N–H and O–H groups in total. The van der Waals surface area contributed by atoms with Gasteiger partial charge in [-0.2, -0.15) is 11.8 Å². The van der Waals surface area contributed by atoms with E-state index in [0.717, 1.165) is 18.6 Å². The van der Waals surface area contributed by atoms with Crippen molar-refractivity contribution in [2.24, 2.45) is 0 Å². The van der Waals surface area contributed by atoms with E-state index >= 15 is 0 Å². The number of rotatable bonds is 28. The number of urea groups is 1. The van der Waals surface area contributed by atoms with Crippen LogP contribution < -0.4 is 36.1 Å². The van der Waals surface area contributed by atoms with E-state index in [-0.39, 0.29) is 101 Å². The van der Waals surface area contributed by atoms with Gasteiger partial charge in [0.2, 0.25) is 36.7 Å². The number of hydrogen-bond acceptors (Lipinski definition) is 13. The maximum Gasteiger partial charge on any atom is 0.315 e. The van der Waals surface area contributed by atoms with Crippen molar-refractivity contribution in [3.63, 3.8) is 0 Å². The van der Waals surface area contributed by atoms with Crippen LogP contribution >= 0.6 is 11.8 Å². The van der Waals surface area contributed by atoms with Crippen LogP contribution in [-0.2, 0) is 32.4 Å². The van der Waals surface area contributed by atoms with E-state index in [9.17, 15) is 34.2 Å². The predicted molar refractivity (Wildman–Crippen MR) is 256 cm³/mol. The maximum absolute atomic E-state index is 13.8. The van der Waals surface area contributed by atoms with Gasteiger partial charge in [0.05, 0.1) is 70.4 Å². The molecule has 68 heavy (non-hydrogen) atoms. The molecule has 1 aromatic heterocycles. The quantitative estimate of drug-likeness (QED) is 0.0315. The molecular weight excluding hydrogens is 895 g/mol. The fraction of sp³-hybridized carbons (Fsp3) is 0.511. The summed E-state index contributed by atoms with van der Waals surface area (Å²) in [7, 11) is 2.98. The summed E-state index contributed by atoms with van der Waals surface area (Å²) in [6.07, 6.45) is 2.60. The lowest BCUT2D eigenvalue weighted by Crippen LogP contribution is -2.44. The van der Waals surface area contributed by atoms with Crippen molar-refractivity contribution in [2.75, 3.05) is 84.2 Å². The van der Waals surface area contributed by atoms with Crippen LogP contribution in [0.1, 0.15) is 56.1 Å². The van der Waals surface area contributed by atoms with Gasteiger partial charge in [0.1, 0.15) is 17.3 Å². The first kappa shape index (κ1) is 52.4. The Morgan fingerprint density at radius 3 is 2.31 bits per heavy atom. The molecule has 5 rings (SSSR count). The molecule has 0 saturated carbocycles. The topological polar surface area (TPSA) is 245 Å². The first-order valence-corrected chi connectivity index (χ1v) is 23.7. The van der Waals surface area contributed by atoms with Crippen LogP contribution in [0.5, 0.6) is 11.5 Å². The number of aliphatic hydroxyl groups excluding tert-OH is 2. The first-order valence-electron chi connectivity index (χ1n) is 22.6. The Hall–Kier alpha value is -6.52. The summed E-state index contributed by atoms with van der Waals surface area (Å²) in [4.78, 5) is 84.4. The molecule has 3 heterocycles. The molecule has 6 amide bonds. The van der Waals surface area contributed by atoms with Gasteiger partial charge in [-0.1, -0.05) is 12.5 Å². The number of methoxy groups -OCH3 is 2. The number of nitrogens with zero attached hydrogens (tertiary/aromatic N) is 6. The molecule has 2 fully saturated rings. The summed E-state index contributed by atoms with van der Waals surface area (Å²) >= 11 is 1.83. The zero-order valence-corrected chi connectivity index (χ0v) is 39.4. The zero-order valence-electron chi connectivity index (χ0n) is 38.6. The monoisotopic (exact) mass is 955 g/mol. The molecule has 2 aromatic carbocycles. The highest BCUT2D eigenvalue weighted by atomic mass is 32.2. The van der Waals surface area contributed by atoms with E-state index in [2.05, 4.69) is 41.3 Å². The third-order valence-electron chi connectivity index (χ3n) is 11.5. The minimum absolute atomic E-state index is 0.106. The molecule has 3 atom stereocenters. The van der Waals surface area contributed by atoms with Gasteiger partial charge < -0.3 is 60.9 Å². The van der Waals surface area contributed by atoms with Crippen molar-refractivity contribution in [3.8, 4) is 34.1 Å². The lowest BCUT2D eigenvalue weighted by atomic mass is 10.0. The van der Waals surface area contributed by atoms with Gasteiger partial charge in [0.25, 0.3) is 0 Å². The lowest BCUT2D eigenvalue weighted by Gasteiger charge is -2.23. The minimum atomic E-state index is -0.541. The number of aromatic nitrogens is 2. The molecule has 2 saturated heterocycles. The molecule has 2 aliphatic rings. The van der Waals surface area contributed by atoms with Crippen LogP contribution in [0, 0.1) is 13.1 Å². The number of anilines is 1. The van der Waals surface area contributed by atoms with Crippen LogP contribution in [-0.4, -0.2) is 156 Å². The molecule has 0 bridgehead atoms. The number of ether oxygens (including phenoxy) is 2. The number of nitrogens with one attached hydrogen (secondary N) is 5. The van der Waals surface area contributed by atoms with Crippen LogP contribution in [0.3, 0.4) is 0 Å². The van der Waals surface area contributed by atoms with Gasteiger partial charge in [-0.3, -0.25) is 24.1 Å². The SMILES string of the molecule is [C-]#[N+]CCN(CC[N+]#[C-])CCNC(=O)CN(CCCNC(=O)CCCCC1SC[C@@H]2NC(=O)N[C@H]12)C(=O)CCC(=O)Nc1cc(-c2ccc(OC)cc2CO)nc(-c2ccc(CO)cc2OC)n1. The molecule has 2 aliphatic heterocycles. The minimum Gasteiger partial charge on any atom is -0.497 e. The second-order valence-corrected chi connectivity index (χ2v) is 17.5. The Morgan fingerprint density at radius 1 is 0.824 bits per heavy atom. The molecule has 0 aliphatic carbocycles. The highest BCUT2D eigenvalue weighted by molar-refractivity contribution is 8.00. The Bertz CT molecular complexity index is 2210. The summed E-state index contributed by atoms with van der Waals surface area (Å²) < 4.78 is 10.9. The normalized spacial score (nSPS) is 15.9. The summed E-state index contributed by atoms with van der Waals surface area (Å²) in [6.45, 7) is 15.9. The van der Waals surface area contributed by atoms with Crippen molar-refractivity contribution in [1.82, 2.24) is 41.0 Å². The number of hydrogen-bond donors (Lipinski definition) is 7. The molecule has 0 spiro atoms. The van der Waals surface area contributed by atoms with Crippen molar-refractivity contribution in [1.29, 1.82) is 0 Å². The predicted octanol–water partition coefficient (Wildman–Crippen LogP) is 2.85. The van der Waals surface area contributed by atoms with Gasteiger partial charge in [-0.15, -0.1) is 0 Å². The highest BCUT2D eigenvalue weighted by Gasteiger charge is 2.42. The summed E-state index contributed by atoms with van der Waals surface area (Å²) in [5.74, 6) is 0.515. The highest BCUT2D eigenvalue weighted by Crippen LogP contribution is 2.35.